The van der Waals surface area contributed by atoms with Crippen molar-refractivity contribution in [2.24, 2.45) is 0 Å². The van der Waals surface area contributed by atoms with Gasteiger partial charge in [0, 0.05) is 13.6 Å². The highest BCUT2D eigenvalue weighted by molar-refractivity contribution is 7.94. The van der Waals surface area contributed by atoms with Crippen molar-refractivity contribution in [3.63, 3.8) is 0 Å². The lowest BCUT2D eigenvalue weighted by atomic mass is 10.2. The number of benzene rings is 1. The van der Waals surface area contributed by atoms with Gasteiger partial charge < -0.3 is 4.90 Å². The zero-order chi connectivity index (χ0) is 13.5. The molecule has 2 aromatic rings. The van der Waals surface area contributed by atoms with Gasteiger partial charge in [-0.2, -0.15) is 0 Å². The summed E-state index contributed by atoms with van der Waals surface area (Å²) in [6, 6.07) is 11.0. The van der Waals surface area contributed by atoms with Crippen LogP contribution < -0.4 is 9.21 Å². The van der Waals surface area contributed by atoms with Crippen molar-refractivity contribution in [1.82, 2.24) is 0 Å². The van der Waals surface area contributed by atoms with Crippen LogP contribution in [0.4, 0.5) is 11.4 Å². The molecule has 0 amide bonds. The van der Waals surface area contributed by atoms with Crippen molar-refractivity contribution >= 4 is 32.7 Å². The third-order valence-corrected chi connectivity index (χ3v) is 6.43. The first-order chi connectivity index (χ1) is 9.10. The van der Waals surface area contributed by atoms with Gasteiger partial charge >= 0.3 is 0 Å². The smallest absolute Gasteiger partial charge is 0.273 e. The predicted molar refractivity (Wildman–Crippen MR) is 78.6 cm³/mol. The molecule has 0 fully saturated rings. The van der Waals surface area contributed by atoms with E-state index in [2.05, 4.69) is 4.90 Å². The number of para-hydroxylation sites is 2. The lowest BCUT2D eigenvalue weighted by Gasteiger charge is -2.35. The molecule has 3 rings (SSSR count). The molecule has 0 bridgehead atoms. The Morgan fingerprint density at radius 1 is 1.05 bits per heavy atom. The van der Waals surface area contributed by atoms with E-state index in [1.54, 1.807) is 17.5 Å². The fraction of sp³-hybridized carbons (Fsp3) is 0.231. The van der Waals surface area contributed by atoms with Crippen LogP contribution >= 0.6 is 11.3 Å². The molecule has 4 nitrogen and oxygen atoms in total. The number of hydrogen-bond acceptors (Lipinski definition) is 4. The van der Waals surface area contributed by atoms with Gasteiger partial charge in [0.05, 0.1) is 17.9 Å². The molecule has 0 radical (unpaired) electrons. The molecule has 0 unspecified atom stereocenters. The Hall–Kier alpha value is -1.53. The molecule has 0 saturated heterocycles. The molecule has 1 aromatic carbocycles. The molecule has 19 heavy (non-hydrogen) atoms. The topological polar surface area (TPSA) is 40.6 Å². The van der Waals surface area contributed by atoms with E-state index in [1.165, 1.54) is 15.6 Å². The second-order valence-electron chi connectivity index (χ2n) is 4.42. The lowest BCUT2D eigenvalue weighted by molar-refractivity contribution is 0.591. The first-order valence-corrected chi connectivity index (χ1v) is 8.29. The maximum Gasteiger partial charge on any atom is 0.273 e. The molecule has 1 aromatic heterocycles. The van der Waals surface area contributed by atoms with E-state index < -0.39 is 10.0 Å². The number of rotatable bonds is 2. The number of anilines is 2. The number of likely N-dealkylation sites (N-methyl/N-ethyl adjacent to an activating group) is 1. The summed E-state index contributed by atoms with van der Waals surface area (Å²) in [6.07, 6.45) is 0. The first-order valence-electron chi connectivity index (χ1n) is 5.97. The van der Waals surface area contributed by atoms with E-state index in [9.17, 15) is 8.42 Å². The maximum absolute atomic E-state index is 12.6. The van der Waals surface area contributed by atoms with Crippen molar-refractivity contribution in [3.8, 4) is 0 Å². The summed E-state index contributed by atoms with van der Waals surface area (Å²) in [7, 11) is -1.45. The fourth-order valence-electron chi connectivity index (χ4n) is 2.25. The zero-order valence-electron chi connectivity index (χ0n) is 10.5. The van der Waals surface area contributed by atoms with Gasteiger partial charge in [-0.1, -0.05) is 18.2 Å². The average molecular weight is 294 g/mol. The van der Waals surface area contributed by atoms with Gasteiger partial charge in [0.25, 0.3) is 10.0 Å². The third-order valence-electron chi connectivity index (χ3n) is 3.24. The van der Waals surface area contributed by atoms with E-state index in [-0.39, 0.29) is 0 Å². The summed E-state index contributed by atoms with van der Waals surface area (Å²) >= 11 is 1.26. The minimum atomic E-state index is -3.43. The quantitative estimate of drug-likeness (QED) is 0.854. The van der Waals surface area contributed by atoms with Gasteiger partial charge in [-0.3, -0.25) is 4.31 Å². The van der Waals surface area contributed by atoms with Crippen molar-refractivity contribution in [1.29, 1.82) is 0 Å². The average Bonchev–Trinajstić information content (AvgIpc) is 2.94. The van der Waals surface area contributed by atoms with Crippen molar-refractivity contribution < 1.29 is 8.42 Å². The SMILES string of the molecule is CN1CCN(S(=O)(=O)c2cccs2)c2ccccc21. The normalized spacial score (nSPS) is 15.4. The highest BCUT2D eigenvalue weighted by Crippen LogP contribution is 2.36. The van der Waals surface area contributed by atoms with E-state index in [4.69, 9.17) is 0 Å². The fourth-order valence-corrected chi connectivity index (χ4v) is 4.82. The van der Waals surface area contributed by atoms with Crippen LogP contribution in [0.15, 0.2) is 46.0 Å². The van der Waals surface area contributed by atoms with E-state index in [0.717, 1.165) is 11.4 Å². The van der Waals surface area contributed by atoms with Gasteiger partial charge in [-0.05, 0) is 23.6 Å². The molecule has 0 atom stereocenters. The Bertz CT molecular complexity index is 680. The molecule has 0 N–H and O–H groups in total. The van der Waals surface area contributed by atoms with Crippen LogP contribution in [0.5, 0.6) is 0 Å². The number of sulfonamides is 1. The van der Waals surface area contributed by atoms with Crippen LogP contribution in [0, 0.1) is 0 Å². The summed E-state index contributed by atoms with van der Waals surface area (Å²) in [5.74, 6) is 0. The molecule has 1 aliphatic rings. The van der Waals surface area contributed by atoms with E-state index in [1.807, 2.05) is 31.3 Å². The number of thiophene rings is 1. The zero-order valence-corrected chi connectivity index (χ0v) is 12.1. The maximum atomic E-state index is 12.6. The summed E-state index contributed by atoms with van der Waals surface area (Å²) in [6.45, 7) is 1.18. The minimum absolute atomic E-state index is 0.395. The summed E-state index contributed by atoms with van der Waals surface area (Å²) in [4.78, 5) is 2.08. The Labute approximate surface area is 116 Å². The Kier molecular flexibility index (Phi) is 2.99. The molecule has 2 heterocycles. The molecule has 100 valence electrons. The summed E-state index contributed by atoms with van der Waals surface area (Å²) < 4.78 is 27.2. The van der Waals surface area contributed by atoms with Gasteiger partial charge in [-0.25, -0.2) is 8.42 Å². The highest BCUT2D eigenvalue weighted by Gasteiger charge is 2.31. The van der Waals surface area contributed by atoms with Crippen molar-refractivity contribution in [2.75, 3.05) is 29.3 Å². The second kappa shape index (κ2) is 4.54. The van der Waals surface area contributed by atoms with Gasteiger partial charge in [0.2, 0.25) is 0 Å². The molecule has 6 heteroatoms. The number of hydrogen-bond donors (Lipinski definition) is 0. The Morgan fingerprint density at radius 3 is 2.47 bits per heavy atom. The molecule has 0 saturated carbocycles. The number of nitrogens with zero attached hydrogens (tertiary/aromatic N) is 2. The van der Waals surface area contributed by atoms with Crippen LogP contribution in [-0.2, 0) is 10.0 Å². The van der Waals surface area contributed by atoms with Crippen molar-refractivity contribution in [2.45, 2.75) is 4.21 Å². The monoisotopic (exact) mass is 294 g/mol. The molecule has 1 aliphatic heterocycles. The van der Waals surface area contributed by atoms with Crippen LogP contribution in [-0.4, -0.2) is 28.6 Å². The molecular formula is C13H14N2O2S2. The summed E-state index contributed by atoms with van der Waals surface area (Å²) in [5.41, 5.74) is 1.71. The standard InChI is InChI=1S/C13H14N2O2S2/c1-14-8-9-15(12-6-3-2-5-11(12)14)19(16,17)13-7-4-10-18-13/h2-7,10H,8-9H2,1H3. The Morgan fingerprint density at radius 2 is 1.79 bits per heavy atom. The molecule has 0 spiro atoms. The first kappa shape index (κ1) is 12.5. The highest BCUT2D eigenvalue weighted by atomic mass is 32.2. The van der Waals surface area contributed by atoms with Crippen LogP contribution in [0.1, 0.15) is 0 Å². The third kappa shape index (κ3) is 2.01. The van der Waals surface area contributed by atoms with Crippen LogP contribution in [0.25, 0.3) is 0 Å². The van der Waals surface area contributed by atoms with E-state index >= 15 is 0 Å². The number of fused-ring (bicyclic) bond motifs is 1. The molecular weight excluding hydrogens is 280 g/mol. The second-order valence-corrected chi connectivity index (χ2v) is 7.46. The van der Waals surface area contributed by atoms with Gasteiger partial charge in [-0.15, -0.1) is 11.3 Å². The largest absolute Gasteiger partial charge is 0.371 e. The molecule has 0 aliphatic carbocycles. The lowest BCUT2D eigenvalue weighted by Crippen LogP contribution is -2.42. The minimum Gasteiger partial charge on any atom is -0.371 e. The van der Waals surface area contributed by atoms with Gasteiger partial charge in [0.1, 0.15) is 4.21 Å². The van der Waals surface area contributed by atoms with Crippen LogP contribution in [0.3, 0.4) is 0 Å². The van der Waals surface area contributed by atoms with Gasteiger partial charge in [0.15, 0.2) is 0 Å². The predicted octanol–water partition coefficient (Wildman–Crippen LogP) is 2.39. The Balaban J connectivity index is 2.11. The van der Waals surface area contributed by atoms with Crippen molar-refractivity contribution in [3.05, 3.63) is 41.8 Å². The summed E-state index contributed by atoms with van der Waals surface area (Å²) in [5, 5.41) is 1.79. The van der Waals surface area contributed by atoms with E-state index in [0.29, 0.717) is 17.3 Å². The van der Waals surface area contributed by atoms with Crippen LogP contribution in [0.2, 0.25) is 0 Å².